The van der Waals surface area contributed by atoms with Crippen LogP contribution in [-0.2, 0) is 0 Å². The summed E-state index contributed by atoms with van der Waals surface area (Å²) in [5.74, 6) is 0.518. The summed E-state index contributed by atoms with van der Waals surface area (Å²) in [5, 5.41) is 5.06. The van der Waals surface area contributed by atoms with Gasteiger partial charge in [-0.3, -0.25) is 0 Å². The van der Waals surface area contributed by atoms with Crippen LogP contribution in [0.5, 0.6) is 0 Å². The largest absolute Gasteiger partial charge is 0.236 e. The molecule has 2 heterocycles. The first-order valence-electron chi connectivity index (χ1n) is 3.70. The standard InChI is InChI=1S/C8H4BrCl2N3/c9-6-4-7(11)14(13-6)8-5(10)2-1-3-12-8/h1-4H. The normalized spacial score (nSPS) is 10.5. The minimum Gasteiger partial charge on any atom is -0.236 e. The van der Waals surface area contributed by atoms with Crippen molar-refractivity contribution in [1.82, 2.24) is 14.8 Å². The van der Waals surface area contributed by atoms with Crippen LogP contribution >= 0.6 is 39.1 Å². The van der Waals surface area contributed by atoms with Crippen molar-refractivity contribution < 1.29 is 0 Å². The van der Waals surface area contributed by atoms with Crippen molar-refractivity contribution in [2.24, 2.45) is 0 Å². The molecule has 0 radical (unpaired) electrons. The maximum absolute atomic E-state index is 5.94. The van der Waals surface area contributed by atoms with Crippen molar-refractivity contribution >= 4 is 39.1 Å². The van der Waals surface area contributed by atoms with E-state index in [9.17, 15) is 0 Å². The molecule has 72 valence electrons. The summed E-state index contributed by atoms with van der Waals surface area (Å²) < 4.78 is 2.11. The first-order chi connectivity index (χ1) is 6.68. The third kappa shape index (κ3) is 1.78. The second-order valence-electron chi connectivity index (χ2n) is 2.51. The van der Waals surface area contributed by atoms with Crippen LogP contribution in [0.25, 0.3) is 5.82 Å². The minimum atomic E-state index is 0.456. The summed E-state index contributed by atoms with van der Waals surface area (Å²) in [6, 6.07) is 5.15. The average molecular weight is 293 g/mol. The van der Waals surface area contributed by atoms with E-state index in [-0.39, 0.29) is 0 Å². The van der Waals surface area contributed by atoms with E-state index >= 15 is 0 Å². The molecule has 0 aliphatic rings. The van der Waals surface area contributed by atoms with Gasteiger partial charge in [-0.25, -0.2) is 9.67 Å². The van der Waals surface area contributed by atoms with Gasteiger partial charge in [-0.05, 0) is 28.1 Å². The molecule has 0 fully saturated rings. The van der Waals surface area contributed by atoms with E-state index in [1.165, 1.54) is 4.68 Å². The maximum atomic E-state index is 5.94. The molecule has 0 aromatic carbocycles. The zero-order valence-corrected chi connectivity index (χ0v) is 9.88. The van der Waals surface area contributed by atoms with Crippen LogP contribution in [0.3, 0.4) is 0 Å². The van der Waals surface area contributed by atoms with Gasteiger partial charge in [-0.1, -0.05) is 23.2 Å². The molecule has 2 aromatic rings. The lowest BCUT2D eigenvalue weighted by Crippen LogP contribution is -1.99. The molecule has 2 aromatic heterocycles. The van der Waals surface area contributed by atoms with E-state index in [0.717, 1.165) is 0 Å². The van der Waals surface area contributed by atoms with Crippen LogP contribution in [0.4, 0.5) is 0 Å². The number of hydrogen-bond donors (Lipinski definition) is 0. The van der Waals surface area contributed by atoms with E-state index in [0.29, 0.717) is 20.6 Å². The summed E-state index contributed by atoms with van der Waals surface area (Å²) in [7, 11) is 0. The number of nitrogens with zero attached hydrogens (tertiary/aromatic N) is 3. The molecule has 0 aliphatic heterocycles. The highest BCUT2D eigenvalue weighted by Gasteiger charge is 2.09. The average Bonchev–Trinajstić information content (AvgIpc) is 2.46. The topological polar surface area (TPSA) is 30.7 Å². The zero-order valence-electron chi connectivity index (χ0n) is 6.78. The Morgan fingerprint density at radius 3 is 2.71 bits per heavy atom. The molecular formula is C8H4BrCl2N3. The predicted octanol–water partition coefficient (Wildman–Crippen LogP) is 3.34. The Balaban J connectivity index is 2.60. The summed E-state index contributed by atoms with van der Waals surface area (Å²) >= 11 is 15.1. The molecule has 0 spiro atoms. The zero-order chi connectivity index (χ0) is 10.1. The number of hydrogen-bond acceptors (Lipinski definition) is 2. The lowest BCUT2D eigenvalue weighted by atomic mass is 10.4. The highest BCUT2D eigenvalue weighted by Crippen LogP contribution is 2.23. The molecular weight excluding hydrogens is 289 g/mol. The molecule has 0 N–H and O–H groups in total. The van der Waals surface area contributed by atoms with Gasteiger partial charge in [0.25, 0.3) is 0 Å². The van der Waals surface area contributed by atoms with E-state index < -0.39 is 0 Å². The summed E-state index contributed by atoms with van der Waals surface area (Å²) in [6.45, 7) is 0. The van der Waals surface area contributed by atoms with Crippen molar-refractivity contribution in [1.29, 1.82) is 0 Å². The Kier molecular flexibility index (Phi) is 2.76. The molecule has 0 saturated heterocycles. The Labute approximate surface area is 98.8 Å². The molecule has 3 nitrogen and oxygen atoms in total. The second-order valence-corrected chi connectivity index (χ2v) is 4.12. The van der Waals surface area contributed by atoms with Crippen LogP contribution in [-0.4, -0.2) is 14.8 Å². The molecule has 2 rings (SSSR count). The van der Waals surface area contributed by atoms with Crippen LogP contribution < -0.4 is 0 Å². The van der Waals surface area contributed by atoms with Gasteiger partial charge < -0.3 is 0 Å². The molecule has 0 saturated carbocycles. The first-order valence-corrected chi connectivity index (χ1v) is 5.25. The fourth-order valence-corrected chi connectivity index (χ4v) is 1.94. The molecule has 0 bridgehead atoms. The monoisotopic (exact) mass is 291 g/mol. The Morgan fingerprint density at radius 2 is 2.14 bits per heavy atom. The Hall–Kier alpha value is -0.580. The number of rotatable bonds is 1. The highest BCUT2D eigenvalue weighted by molar-refractivity contribution is 9.10. The van der Waals surface area contributed by atoms with Gasteiger partial charge in [0.15, 0.2) is 5.82 Å². The van der Waals surface area contributed by atoms with Crippen molar-refractivity contribution in [3.8, 4) is 5.82 Å². The van der Waals surface area contributed by atoms with E-state index in [1.807, 2.05) is 0 Å². The summed E-state index contributed by atoms with van der Waals surface area (Å²) in [4.78, 5) is 4.09. The van der Waals surface area contributed by atoms with Gasteiger partial charge in [0, 0.05) is 12.3 Å². The van der Waals surface area contributed by atoms with Crippen molar-refractivity contribution in [2.45, 2.75) is 0 Å². The van der Waals surface area contributed by atoms with Crippen molar-refractivity contribution in [2.75, 3.05) is 0 Å². The van der Waals surface area contributed by atoms with E-state index in [2.05, 4.69) is 26.0 Å². The SMILES string of the molecule is Clc1cccnc1-n1nc(Br)cc1Cl. The number of pyridine rings is 1. The number of aromatic nitrogens is 3. The van der Waals surface area contributed by atoms with Gasteiger partial charge in [0.05, 0.1) is 5.02 Å². The third-order valence-electron chi connectivity index (χ3n) is 1.58. The van der Waals surface area contributed by atoms with Gasteiger partial charge in [0.1, 0.15) is 9.76 Å². The van der Waals surface area contributed by atoms with Gasteiger partial charge in [-0.2, -0.15) is 5.10 Å². The van der Waals surface area contributed by atoms with Gasteiger partial charge >= 0.3 is 0 Å². The van der Waals surface area contributed by atoms with Crippen molar-refractivity contribution in [3.63, 3.8) is 0 Å². The van der Waals surface area contributed by atoms with Crippen LogP contribution in [0.15, 0.2) is 29.0 Å². The Morgan fingerprint density at radius 1 is 1.36 bits per heavy atom. The molecule has 6 heteroatoms. The van der Waals surface area contributed by atoms with Gasteiger partial charge in [-0.15, -0.1) is 0 Å². The molecule has 0 amide bonds. The highest BCUT2D eigenvalue weighted by atomic mass is 79.9. The predicted molar refractivity (Wildman–Crippen MR) is 59.1 cm³/mol. The molecule has 14 heavy (non-hydrogen) atoms. The quantitative estimate of drug-likeness (QED) is 0.807. The summed E-state index contributed by atoms with van der Waals surface area (Å²) in [5.41, 5.74) is 0. The minimum absolute atomic E-state index is 0.456. The second kappa shape index (κ2) is 3.88. The molecule has 0 atom stereocenters. The lowest BCUT2D eigenvalue weighted by molar-refractivity contribution is 0.839. The van der Waals surface area contributed by atoms with Gasteiger partial charge in [0.2, 0.25) is 0 Å². The van der Waals surface area contributed by atoms with Crippen LogP contribution in [0.1, 0.15) is 0 Å². The van der Waals surface area contributed by atoms with Crippen LogP contribution in [0, 0.1) is 0 Å². The lowest BCUT2D eigenvalue weighted by Gasteiger charge is -2.02. The van der Waals surface area contributed by atoms with Crippen molar-refractivity contribution in [3.05, 3.63) is 39.2 Å². The molecule has 0 aliphatic carbocycles. The maximum Gasteiger partial charge on any atom is 0.173 e. The first kappa shape index (κ1) is 9.96. The smallest absolute Gasteiger partial charge is 0.173 e. The third-order valence-corrected chi connectivity index (χ3v) is 2.53. The fraction of sp³-hybridized carbons (Fsp3) is 0. The summed E-state index contributed by atoms with van der Waals surface area (Å²) in [6.07, 6.45) is 1.63. The fourth-order valence-electron chi connectivity index (χ4n) is 1.01. The van der Waals surface area contributed by atoms with E-state index in [1.54, 1.807) is 24.4 Å². The van der Waals surface area contributed by atoms with Crippen LogP contribution in [0.2, 0.25) is 10.2 Å². The Bertz CT molecular complexity index is 469. The van der Waals surface area contributed by atoms with E-state index in [4.69, 9.17) is 23.2 Å². The number of halogens is 3. The molecule has 0 unspecified atom stereocenters.